The third-order valence-corrected chi connectivity index (χ3v) is 3.57. The van der Waals surface area contributed by atoms with E-state index in [0.29, 0.717) is 19.3 Å². The van der Waals surface area contributed by atoms with Crippen LogP contribution < -0.4 is 14.8 Å². The fourth-order valence-electron chi connectivity index (χ4n) is 2.81. The highest BCUT2D eigenvalue weighted by atomic mass is 16.5. The van der Waals surface area contributed by atoms with Gasteiger partial charge in [0.25, 0.3) is 0 Å². The van der Waals surface area contributed by atoms with Crippen LogP contribution in [0.4, 0.5) is 0 Å². The Bertz CT molecular complexity index is 417. The number of ether oxygens (including phenoxy) is 2. The van der Waals surface area contributed by atoms with Crippen LogP contribution in [-0.4, -0.2) is 19.8 Å². The van der Waals surface area contributed by atoms with Crippen molar-refractivity contribution in [3.05, 3.63) is 23.3 Å². The van der Waals surface area contributed by atoms with Crippen LogP contribution >= 0.6 is 0 Å². The molecule has 1 N–H and O–H groups in total. The lowest BCUT2D eigenvalue weighted by atomic mass is 9.87. The van der Waals surface area contributed by atoms with E-state index in [1.807, 2.05) is 13.8 Å². The lowest BCUT2D eigenvalue weighted by Gasteiger charge is -2.27. The molecule has 0 fully saturated rings. The van der Waals surface area contributed by atoms with Gasteiger partial charge in [0, 0.05) is 6.04 Å². The van der Waals surface area contributed by atoms with Gasteiger partial charge in [0.15, 0.2) is 11.5 Å². The van der Waals surface area contributed by atoms with Crippen LogP contribution in [-0.2, 0) is 6.42 Å². The summed E-state index contributed by atoms with van der Waals surface area (Å²) < 4.78 is 11.4. The van der Waals surface area contributed by atoms with Crippen molar-refractivity contribution in [2.24, 2.45) is 0 Å². The Kier molecular flexibility index (Phi) is 5.08. The number of benzene rings is 1. The van der Waals surface area contributed by atoms with Gasteiger partial charge in [-0.2, -0.15) is 0 Å². The standard InChI is InChI=1S/C16H25NO2/c1-4-17-14-9-7-8-12-10-15(18-5-2)16(19-6-3)11-13(12)14/h10-11,14,17H,4-9H2,1-3H3. The van der Waals surface area contributed by atoms with E-state index in [4.69, 9.17) is 9.47 Å². The number of hydrogen-bond donors (Lipinski definition) is 1. The predicted molar refractivity (Wildman–Crippen MR) is 78.1 cm³/mol. The van der Waals surface area contributed by atoms with Gasteiger partial charge in [-0.15, -0.1) is 0 Å². The zero-order chi connectivity index (χ0) is 13.7. The zero-order valence-electron chi connectivity index (χ0n) is 12.3. The lowest BCUT2D eigenvalue weighted by molar-refractivity contribution is 0.286. The van der Waals surface area contributed by atoms with Gasteiger partial charge in [-0.1, -0.05) is 6.92 Å². The van der Waals surface area contributed by atoms with E-state index in [9.17, 15) is 0 Å². The molecule has 0 spiro atoms. The first-order chi connectivity index (χ1) is 9.30. The van der Waals surface area contributed by atoms with Crippen LogP contribution in [0.15, 0.2) is 12.1 Å². The van der Waals surface area contributed by atoms with Crippen molar-refractivity contribution in [3.8, 4) is 11.5 Å². The van der Waals surface area contributed by atoms with Gasteiger partial charge >= 0.3 is 0 Å². The van der Waals surface area contributed by atoms with Gasteiger partial charge in [-0.05, 0) is 62.9 Å². The molecule has 1 aromatic rings. The number of aryl methyl sites for hydroxylation is 1. The third kappa shape index (κ3) is 3.21. The fraction of sp³-hybridized carbons (Fsp3) is 0.625. The summed E-state index contributed by atoms with van der Waals surface area (Å²) in [6.07, 6.45) is 3.59. The minimum atomic E-state index is 0.462. The molecule has 106 valence electrons. The summed E-state index contributed by atoms with van der Waals surface area (Å²) in [5.74, 6) is 1.77. The highest BCUT2D eigenvalue weighted by Crippen LogP contribution is 2.38. The third-order valence-electron chi connectivity index (χ3n) is 3.57. The molecule has 0 radical (unpaired) electrons. The fourth-order valence-corrected chi connectivity index (χ4v) is 2.81. The van der Waals surface area contributed by atoms with Crippen LogP contribution in [0.25, 0.3) is 0 Å². The van der Waals surface area contributed by atoms with Gasteiger partial charge in [-0.3, -0.25) is 0 Å². The van der Waals surface area contributed by atoms with Gasteiger partial charge < -0.3 is 14.8 Å². The maximum Gasteiger partial charge on any atom is 0.161 e. The van der Waals surface area contributed by atoms with E-state index >= 15 is 0 Å². The summed E-state index contributed by atoms with van der Waals surface area (Å²) in [5, 5.41) is 3.57. The molecule has 2 rings (SSSR count). The van der Waals surface area contributed by atoms with Gasteiger partial charge in [-0.25, -0.2) is 0 Å². The second-order valence-electron chi connectivity index (χ2n) is 4.87. The first kappa shape index (κ1) is 14.2. The van der Waals surface area contributed by atoms with Gasteiger partial charge in [0.2, 0.25) is 0 Å². The molecule has 1 aromatic carbocycles. The van der Waals surface area contributed by atoms with E-state index in [-0.39, 0.29) is 0 Å². The van der Waals surface area contributed by atoms with Gasteiger partial charge in [0.1, 0.15) is 0 Å². The number of nitrogens with one attached hydrogen (secondary N) is 1. The second-order valence-corrected chi connectivity index (χ2v) is 4.87. The van der Waals surface area contributed by atoms with Gasteiger partial charge in [0.05, 0.1) is 13.2 Å². The predicted octanol–water partition coefficient (Wildman–Crippen LogP) is 3.47. The molecule has 3 nitrogen and oxygen atoms in total. The van der Waals surface area contributed by atoms with E-state index in [0.717, 1.165) is 24.5 Å². The summed E-state index contributed by atoms with van der Waals surface area (Å²) in [6, 6.07) is 4.81. The molecule has 1 atom stereocenters. The maximum atomic E-state index is 5.73. The Morgan fingerprint density at radius 3 is 2.42 bits per heavy atom. The first-order valence-corrected chi connectivity index (χ1v) is 7.45. The number of hydrogen-bond acceptors (Lipinski definition) is 3. The maximum absolute atomic E-state index is 5.73. The van der Waals surface area contributed by atoms with Crippen molar-refractivity contribution in [1.82, 2.24) is 5.32 Å². The minimum absolute atomic E-state index is 0.462. The molecule has 0 heterocycles. The van der Waals surface area contributed by atoms with E-state index in [1.54, 1.807) is 0 Å². The van der Waals surface area contributed by atoms with Crippen LogP contribution in [0.5, 0.6) is 11.5 Å². The van der Waals surface area contributed by atoms with Crippen LogP contribution in [0.1, 0.15) is 50.8 Å². The summed E-state index contributed by atoms with van der Waals surface area (Å²) in [7, 11) is 0. The summed E-state index contributed by atoms with van der Waals surface area (Å²) in [6.45, 7) is 8.53. The van der Waals surface area contributed by atoms with E-state index < -0.39 is 0 Å². The Balaban J connectivity index is 2.35. The number of fused-ring (bicyclic) bond motifs is 1. The molecule has 3 heteroatoms. The molecule has 0 aliphatic heterocycles. The monoisotopic (exact) mass is 263 g/mol. The normalized spacial score (nSPS) is 17.9. The summed E-state index contributed by atoms with van der Waals surface area (Å²) in [5.41, 5.74) is 2.80. The van der Waals surface area contributed by atoms with Crippen molar-refractivity contribution >= 4 is 0 Å². The van der Waals surface area contributed by atoms with Crippen LogP contribution in [0.3, 0.4) is 0 Å². The molecule has 19 heavy (non-hydrogen) atoms. The molecule has 0 amide bonds. The second kappa shape index (κ2) is 6.80. The number of rotatable bonds is 6. The largest absolute Gasteiger partial charge is 0.490 e. The highest BCUT2D eigenvalue weighted by Gasteiger charge is 2.22. The zero-order valence-corrected chi connectivity index (χ0v) is 12.3. The smallest absolute Gasteiger partial charge is 0.161 e. The SMILES string of the molecule is CCNC1CCCc2cc(OCC)c(OCC)cc21. The molecule has 1 unspecified atom stereocenters. The topological polar surface area (TPSA) is 30.5 Å². The summed E-state index contributed by atoms with van der Waals surface area (Å²) in [4.78, 5) is 0. The molecular weight excluding hydrogens is 238 g/mol. The molecule has 1 aliphatic rings. The lowest BCUT2D eigenvalue weighted by Crippen LogP contribution is -2.25. The molecular formula is C16H25NO2. The molecule has 0 saturated heterocycles. The van der Waals surface area contributed by atoms with Crippen molar-refractivity contribution in [3.63, 3.8) is 0 Å². The Morgan fingerprint density at radius 2 is 1.79 bits per heavy atom. The van der Waals surface area contributed by atoms with E-state index in [2.05, 4.69) is 24.4 Å². The van der Waals surface area contributed by atoms with E-state index in [1.165, 1.54) is 24.0 Å². The molecule has 0 aromatic heterocycles. The van der Waals surface area contributed by atoms with Crippen molar-refractivity contribution in [2.75, 3.05) is 19.8 Å². The first-order valence-electron chi connectivity index (χ1n) is 7.45. The van der Waals surface area contributed by atoms with Crippen LogP contribution in [0, 0.1) is 0 Å². The Labute approximate surface area is 116 Å². The quantitative estimate of drug-likeness (QED) is 0.852. The average Bonchev–Trinajstić information content (AvgIpc) is 2.41. The Hall–Kier alpha value is -1.22. The van der Waals surface area contributed by atoms with Crippen LogP contribution in [0.2, 0.25) is 0 Å². The molecule has 0 bridgehead atoms. The van der Waals surface area contributed by atoms with Crippen molar-refractivity contribution < 1.29 is 9.47 Å². The molecule has 0 saturated carbocycles. The van der Waals surface area contributed by atoms with Crippen molar-refractivity contribution in [1.29, 1.82) is 0 Å². The minimum Gasteiger partial charge on any atom is -0.490 e. The highest BCUT2D eigenvalue weighted by molar-refractivity contribution is 5.49. The summed E-state index contributed by atoms with van der Waals surface area (Å²) >= 11 is 0. The average molecular weight is 263 g/mol. The molecule has 1 aliphatic carbocycles. The van der Waals surface area contributed by atoms with Crippen molar-refractivity contribution in [2.45, 2.75) is 46.1 Å². The Morgan fingerprint density at radius 1 is 1.11 bits per heavy atom.